The molecule has 0 aliphatic carbocycles. The topological polar surface area (TPSA) is 44.1 Å². The highest BCUT2D eigenvalue weighted by Gasteiger charge is 2.08. The molecule has 0 atom stereocenters. The van der Waals surface area contributed by atoms with Crippen molar-refractivity contribution in [3.63, 3.8) is 0 Å². The van der Waals surface area contributed by atoms with Crippen LogP contribution in [0.25, 0.3) is 10.2 Å². The molecule has 102 valence electrons. The molecule has 4 nitrogen and oxygen atoms in total. The number of hydrogen-bond donors (Lipinski definition) is 0. The van der Waals surface area contributed by atoms with Crippen LogP contribution in [0.2, 0.25) is 0 Å². The normalized spacial score (nSPS) is 10.9. The molecule has 3 rings (SSSR count). The van der Waals surface area contributed by atoms with E-state index in [1.165, 1.54) is 11.3 Å². The molecule has 0 aliphatic heterocycles. The lowest BCUT2D eigenvalue weighted by Crippen LogP contribution is -2.20. The summed E-state index contributed by atoms with van der Waals surface area (Å²) in [6.45, 7) is 0.456. The fraction of sp³-hybridized carbons (Fsp3) is 0.143. The molecule has 0 amide bonds. The van der Waals surface area contributed by atoms with Gasteiger partial charge in [-0.25, -0.2) is 4.98 Å². The largest absolute Gasteiger partial charge is 0.497 e. The lowest BCUT2D eigenvalue weighted by atomic mass is 10.2. The molecular weight excluding hydrogens is 340 g/mol. The Hall–Kier alpha value is -1.66. The molecule has 6 heteroatoms. The Morgan fingerprint density at radius 3 is 3.05 bits per heavy atom. The van der Waals surface area contributed by atoms with Gasteiger partial charge in [-0.3, -0.25) is 9.36 Å². The van der Waals surface area contributed by atoms with Crippen molar-refractivity contribution in [1.29, 1.82) is 0 Å². The van der Waals surface area contributed by atoms with E-state index in [4.69, 9.17) is 4.74 Å². The lowest BCUT2D eigenvalue weighted by molar-refractivity contribution is 0.414. The molecule has 2 heterocycles. The summed E-state index contributed by atoms with van der Waals surface area (Å²) < 4.78 is 8.45. The first-order valence-corrected chi connectivity index (χ1v) is 7.61. The van der Waals surface area contributed by atoms with E-state index in [2.05, 4.69) is 20.9 Å². The van der Waals surface area contributed by atoms with Gasteiger partial charge in [-0.15, -0.1) is 11.3 Å². The predicted molar refractivity (Wildman–Crippen MR) is 83.7 cm³/mol. The quantitative estimate of drug-likeness (QED) is 0.728. The predicted octanol–water partition coefficient (Wildman–Crippen LogP) is 3.28. The molecule has 0 unspecified atom stereocenters. The van der Waals surface area contributed by atoms with Crippen molar-refractivity contribution in [1.82, 2.24) is 9.55 Å². The highest BCUT2D eigenvalue weighted by atomic mass is 79.9. The second-order valence-corrected chi connectivity index (χ2v) is 6.04. The highest BCUT2D eigenvalue weighted by molar-refractivity contribution is 9.10. The van der Waals surface area contributed by atoms with Gasteiger partial charge in [0.25, 0.3) is 5.56 Å². The maximum atomic E-state index is 12.3. The van der Waals surface area contributed by atoms with Gasteiger partial charge in [0.05, 0.1) is 25.5 Å². The van der Waals surface area contributed by atoms with Crippen LogP contribution in [-0.4, -0.2) is 16.7 Å². The smallest absolute Gasteiger partial charge is 0.271 e. The molecular formula is C14H11BrN2O2S. The van der Waals surface area contributed by atoms with Crippen LogP contribution in [0, 0.1) is 0 Å². The van der Waals surface area contributed by atoms with Crippen molar-refractivity contribution < 1.29 is 4.74 Å². The molecule has 0 aliphatic rings. The molecule has 0 radical (unpaired) electrons. The van der Waals surface area contributed by atoms with Crippen LogP contribution in [-0.2, 0) is 6.54 Å². The summed E-state index contributed by atoms with van der Waals surface area (Å²) in [5.41, 5.74) is 1.71. The number of hydrogen-bond acceptors (Lipinski definition) is 4. The van der Waals surface area contributed by atoms with Crippen LogP contribution in [0.15, 0.2) is 45.2 Å². The molecule has 0 N–H and O–H groups in total. The van der Waals surface area contributed by atoms with E-state index in [0.717, 1.165) is 21.3 Å². The number of nitrogens with zero attached hydrogens (tertiary/aromatic N) is 2. The second-order valence-electron chi connectivity index (χ2n) is 4.27. The van der Waals surface area contributed by atoms with E-state index in [1.54, 1.807) is 18.0 Å². The Morgan fingerprint density at radius 2 is 2.25 bits per heavy atom. The zero-order chi connectivity index (χ0) is 14.1. The van der Waals surface area contributed by atoms with Crippen LogP contribution in [0.3, 0.4) is 0 Å². The van der Waals surface area contributed by atoms with E-state index in [1.807, 2.05) is 29.6 Å². The van der Waals surface area contributed by atoms with Crippen molar-refractivity contribution in [3.8, 4) is 5.75 Å². The third-order valence-electron chi connectivity index (χ3n) is 3.03. The molecule has 3 aromatic rings. The summed E-state index contributed by atoms with van der Waals surface area (Å²) in [6, 6.07) is 7.55. The van der Waals surface area contributed by atoms with Crippen LogP contribution < -0.4 is 10.3 Å². The Bertz CT molecular complexity index is 825. The average Bonchev–Trinajstić information content (AvgIpc) is 2.93. The number of fused-ring (bicyclic) bond motifs is 1. The van der Waals surface area contributed by atoms with E-state index in [9.17, 15) is 4.79 Å². The van der Waals surface area contributed by atoms with Gasteiger partial charge in [-0.1, -0.05) is 15.9 Å². The fourth-order valence-electron chi connectivity index (χ4n) is 1.97. The van der Waals surface area contributed by atoms with Gasteiger partial charge >= 0.3 is 0 Å². The van der Waals surface area contributed by atoms with Gasteiger partial charge < -0.3 is 4.74 Å². The molecule has 20 heavy (non-hydrogen) atoms. The summed E-state index contributed by atoms with van der Waals surface area (Å²) in [5, 5.41) is 1.88. The number of ether oxygens (including phenoxy) is 1. The maximum Gasteiger partial charge on any atom is 0.271 e. The van der Waals surface area contributed by atoms with Gasteiger partial charge in [0.1, 0.15) is 10.4 Å². The van der Waals surface area contributed by atoms with Crippen LogP contribution >= 0.6 is 27.3 Å². The molecule has 2 aromatic heterocycles. The minimum Gasteiger partial charge on any atom is -0.497 e. The Labute approximate surface area is 127 Å². The Morgan fingerprint density at radius 1 is 1.40 bits per heavy atom. The minimum atomic E-state index is -0.0141. The average molecular weight is 351 g/mol. The first-order valence-electron chi connectivity index (χ1n) is 5.94. The van der Waals surface area contributed by atoms with E-state index in [0.29, 0.717) is 11.2 Å². The zero-order valence-corrected chi connectivity index (χ0v) is 13.1. The lowest BCUT2D eigenvalue weighted by Gasteiger charge is -2.09. The first kappa shape index (κ1) is 13.3. The van der Waals surface area contributed by atoms with Gasteiger partial charge in [0.2, 0.25) is 0 Å². The summed E-state index contributed by atoms with van der Waals surface area (Å²) in [7, 11) is 1.62. The Kier molecular flexibility index (Phi) is 3.58. The number of thiophene rings is 1. The van der Waals surface area contributed by atoms with Gasteiger partial charge in [0.15, 0.2) is 0 Å². The number of methoxy groups -OCH3 is 1. The van der Waals surface area contributed by atoms with Gasteiger partial charge in [-0.2, -0.15) is 0 Å². The van der Waals surface area contributed by atoms with Crippen molar-refractivity contribution in [2.75, 3.05) is 7.11 Å². The van der Waals surface area contributed by atoms with E-state index in [-0.39, 0.29) is 5.56 Å². The molecule has 0 saturated carbocycles. The second kappa shape index (κ2) is 5.38. The number of rotatable bonds is 3. The first-order chi connectivity index (χ1) is 9.69. The van der Waals surface area contributed by atoms with E-state index >= 15 is 0 Å². The summed E-state index contributed by atoms with van der Waals surface area (Å²) in [4.78, 5) is 16.6. The fourth-order valence-corrected chi connectivity index (χ4v) is 3.14. The van der Waals surface area contributed by atoms with Crippen LogP contribution in [0.1, 0.15) is 5.56 Å². The van der Waals surface area contributed by atoms with Gasteiger partial charge in [0, 0.05) is 4.47 Å². The zero-order valence-electron chi connectivity index (χ0n) is 10.7. The highest BCUT2D eigenvalue weighted by Crippen LogP contribution is 2.23. The third-order valence-corrected chi connectivity index (χ3v) is 4.69. The van der Waals surface area contributed by atoms with Crippen LogP contribution in [0.4, 0.5) is 0 Å². The number of halogens is 1. The summed E-state index contributed by atoms with van der Waals surface area (Å²) in [5.74, 6) is 0.765. The maximum absolute atomic E-state index is 12.3. The van der Waals surface area contributed by atoms with Crippen molar-refractivity contribution in [2.24, 2.45) is 0 Å². The molecule has 0 fully saturated rings. The van der Waals surface area contributed by atoms with Crippen molar-refractivity contribution >= 4 is 37.5 Å². The molecule has 0 bridgehead atoms. The number of aromatic nitrogens is 2. The summed E-state index contributed by atoms with van der Waals surface area (Å²) in [6.07, 6.45) is 1.59. The molecule has 0 saturated heterocycles. The van der Waals surface area contributed by atoms with Gasteiger partial charge in [-0.05, 0) is 35.2 Å². The minimum absolute atomic E-state index is 0.0141. The third kappa shape index (κ3) is 2.36. The molecule has 0 spiro atoms. The summed E-state index contributed by atoms with van der Waals surface area (Å²) >= 11 is 4.91. The van der Waals surface area contributed by atoms with Crippen molar-refractivity contribution in [3.05, 3.63) is 56.4 Å². The standard InChI is InChI=1S/C14H11BrN2O2S/c1-19-10-2-3-11(15)9(6-10)7-17-8-16-12-4-5-20-13(12)14(17)18/h2-6,8H,7H2,1H3. The monoisotopic (exact) mass is 350 g/mol. The van der Waals surface area contributed by atoms with E-state index < -0.39 is 0 Å². The van der Waals surface area contributed by atoms with Crippen molar-refractivity contribution in [2.45, 2.75) is 6.54 Å². The van der Waals surface area contributed by atoms with Crippen LogP contribution in [0.5, 0.6) is 5.75 Å². The number of benzene rings is 1. The molecule has 1 aromatic carbocycles. The SMILES string of the molecule is COc1ccc(Br)c(Cn2cnc3ccsc3c2=O)c1. The Balaban J connectivity index is 2.05.